The van der Waals surface area contributed by atoms with Crippen LogP contribution in [0.1, 0.15) is 36.4 Å². The monoisotopic (exact) mass is 367 g/mol. The highest BCUT2D eigenvalue weighted by molar-refractivity contribution is 7.09. The number of likely N-dealkylation sites (tertiary alicyclic amines) is 2. The van der Waals surface area contributed by atoms with E-state index in [1.807, 2.05) is 0 Å². The standard InChI is InChI=1S/C18H29N3O3S/c1-23-10-14-3-2-6-21(14)9-17-19-16(13-25-17)18(22)4-7-20(8-5-18)15-11-24-12-15/h13-15,22H,2-12H2,1H3/t14-/m1/s1. The first-order valence-electron chi connectivity index (χ1n) is 9.40. The van der Waals surface area contributed by atoms with Crippen LogP contribution in [0.4, 0.5) is 0 Å². The first-order chi connectivity index (χ1) is 12.2. The highest BCUT2D eigenvalue weighted by atomic mass is 32.1. The lowest BCUT2D eigenvalue weighted by molar-refractivity contribution is -0.102. The summed E-state index contributed by atoms with van der Waals surface area (Å²) < 4.78 is 10.6. The molecule has 0 aliphatic carbocycles. The molecule has 0 radical (unpaired) electrons. The van der Waals surface area contributed by atoms with E-state index < -0.39 is 5.60 Å². The minimum Gasteiger partial charge on any atom is -0.383 e. The number of nitrogens with zero attached hydrogens (tertiary/aromatic N) is 3. The number of thiazole rings is 1. The van der Waals surface area contributed by atoms with Gasteiger partial charge in [-0.1, -0.05) is 0 Å². The SMILES string of the molecule is COC[C@H]1CCCN1Cc1nc(C2(O)CCN(C3COC3)CC2)cs1. The Morgan fingerprint density at radius 3 is 2.84 bits per heavy atom. The quantitative estimate of drug-likeness (QED) is 0.821. The van der Waals surface area contributed by atoms with Crippen molar-refractivity contribution in [3.63, 3.8) is 0 Å². The van der Waals surface area contributed by atoms with Gasteiger partial charge in [0.15, 0.2) is 0 Å². The van der Waals surface area contributed by atoms with Crippen LogP contribution in [0.2, 0.25) is 0 Å². The second-order valence-corrected chi connectivity index (χ2v) is 8.55. The number of ether oxygens (including phenoxy) is 2. The van der Waals surface area contributed by atoms with Crippen LogP contribution in [-0.4, -0.2) is 78.5 Å². The molecular formula is C18H29N3O3S. The Morgan fingerprint density at radius 1 is 1.36 bits per heavy atom. The van der Waals surface area contributed by atoms with Gasteiger partial charge in [0.1, 0.15) is 10.6 Å². The van der Waals surface area contributed by atoms with Gasteiger partial charge in [-0.15, -0.1) is 11.3 Å². The van der Waals surface area contributed by atoms with Crippen molar-refractivity contribution in [1.82, 2.24) is 14.8 Å². The smallest absolute Gasteiger partial charge is 0.110 e. The fourth-order valence-electron chi connectivity index (χ4n) is 4.20. The number of hydrogen-bond donors (Lipinski definition) is 1. The second-order valence-electron chi connectivity index (χ2n) is 7.61. The molecular weight excluding hydrogens is 338 g/mol. The molecule has 1 aromatic heterocycles. The van der Waals surface area contributed by atoms with Crippen LogP contribution in [-0.2, 0) is 21.6 Å². The number of methoxy groups -OCH3 is 1. The molecule has 0 spiro atoms. The fraction of sp³-hybridized carbons (Fsp3) is 0.833. The largest absolute Gasteiger partial charge is 0.383 e. The molecule has 1 atom stereocenters. The Bertz CT molecular complexity index is 570. The van der Waals surface area contributed by atoms with Crippen LogP contribution < -0.4 is 0 Å². The summed E-state index contributed by atoms with van der Waals surface area (Å²) in [5, 5.41) is 14.3. The molecule has 3 saturated heterocycles. The van der Waals surface area contributed by atoms with Crippen LogP contribution in [0.25, 0.3) is 0 Å². The van der Waals surface area contributed by atoms with Crippen molar-refractivity contribution in [2.75, 3.05) is 46.6 Å². The molecule has 6 nitrogen and oxygen atoms in total. The normalized spacial score (nSPS) is 28.3. The summed E-state index contributed by atoms with van der Waals surface area (Å²) in [6.07, 6.45) is 3.97. The zero-order valence-corrected chi connectivity index (χ0v) is 15.8. The van der Waals surface area contributed by atoms with Gasteiger partial charge in [0.05, 0.1) is 38.1 Å². The molecule has 3 fully saturated rings. The van der Waals surface area contributed by atoms with Gasteiger partial charge in [-0.3, -0.25) is 9.80 Å². The Labute approximate surface area is 153 Å². The van der Waals surface area contributed by atoms with Crippen LogP contribution in [0.3, 0.4) is 0 Å². The molecule has 0 saturated carbocycles. The van der Waals surface area contributed by atoms with E-state index in [9.17, 15) is 5.11 Å². The average molecular weight is 368 g/mol. The maximum Gasteiger partial charge on any atom is 0.110 e. The fourth-order valence-corrected chi connectivity index (χ4v) is 5.12. The van der Waals surface area contributed by atoms with Crippen LogP contribution >= 0.6 is 11.3 Å². The maximum absolute atomic E-state index is 11.1. The van der Waals surface area contributed by atoms with Gasteiger partial charge in [-0.25, -0.2) is 4.98 Å². The predicted octanol–water partition coefficient (Wildman–Crippen LogP) is 1.44. The van der Waals surface area contributed by atoms with Crippen molar-refractivity contribution in [2.24, 2.45) is 0 Å². The molecule has 140 valence electrons. The number of piperidine rings is 1. The molecule has 0 amide bonds. The van der Waals surface area contributed by atoms with Gasteiger partial charge in [0.25, 0.3) is 0 Å². The van der Waals surface area contributed by atoms with Crippen LogP contribution in [0.5, 0.6) is 0 Å². The Balaban J connectivity index is 1.36. The van der Waals surface area contributed by atoms with Crippen molar-refractivity contribution < 1.29 is 14.6 Å². The van der Waals surface area contributed by atoms with Gasteiger partial charge < -0.3 is 14.6 Å². The highest BCUT2D eigenvalue weighted by Gasteiger charge is 2.39. The molecule has 25 heavy (non-hydrogen) atoms. The predicted molar refractivity (Wildman–Crippen MR) is 96.7 cm³/mol. The summed E-state index contributed by atoms with van der Waals surface area (Å²) in [7, 11) is 1.77. The van der Waals surface area contributed by atoms with Crippen molar-refractivity contribution in [3.8, 4) is 0 Å². The van der Waals surface area contributed by atoms with E-state index in [1.165, 1.54) is 12.8 Å². The summed E-state index contributed by atoms with van der Waals surface area (Å²) in [6.45, 7) is 6.34. The molecule has 1 aromatic rings. The zero-order valence-electron chi connectivity index (χ0n) is 15.0. The number of hydrogen-bond acceptors (Lipinski definition) is 7. The summed E-state index contributed by atoms with van der Waals surface area (Å²) in [6, 6.07) is 1.07. The van der Waals surface area contributed by atoms with E-state index in [-0.39, 0.29) is 0 Å². The summed E-state index contributed by atoms with van der Waals surface area (Å²) >= 11 is 1.68. The van der Waals surface area contributed by atoms with Crippen molar-refractivity contribution in [3.05, 3.63) is 16.1 Å². The Kier molecular flexibility index (Phi) is 5.41. The van der Waals surface area contributed by atoms with Crippen molar-refractivity contribution >= 4 is 11.3 Å². The summed E-state index contributed by atoms with van der Waals surface area (Å²) in [5.41, 5.74) is 0.117. The van der Waals surface area contributed by atoms with E-state index in [0.29, 0.717) is 12.1 Å². The van der Waals surface area contributed by atoms with Gasteiger partial charge in [0, 0.05) is 31.6 Å². The first kappa shape index (κ1) is 17.8. The number of aromatic nitrogens is 1. The number of rotatable bonds is 6. The Morgan fingerprint density at radius 2 is 2.16 bits per heavy atom. The number of aliphatic hydroxyl groups is 1. The first-order valence-corrected chi connectivity index (χ1v) is 10.3. The summed E-state index contributed by atoms with van der Waals surface area (Å²) in [5.74, 6) is 0. The topological polar surface area (TPSA) is 58.1 Å². The van der Waals surface area contributed by atoms with Crippen molar-refractivity contribution in [1.29, 1.82) is 0 Å². The molecule has 1 N–H and O–H groups in total. The van der Waals surface area contributed by atoms with E-state index >= 15 is 0 Å². The van der Waals surface area contributed by atoms with Gasteiger partial charge in [-0.05, 0) is 32.2 Å². The van der Waals surface area contributed by atoms with Crippen LogP contribution in [0, 0.1) is 0 Å². The van der Waals surface area contributed by atoms with Gasteiger partial charge in [0.2, 0.25) is 0 Å². The molecule has 3 aliphatic rings. The molecule has 0 unspecified atom stereocenters. The molecule has 7 heteroatoms. The van der Waals surface area contributed by atoms with Crippen LogP contribution in [0.15, 0.2) is 5.38 Å². The molecule has 3 aliphatic heterocycles. The second kappa shape index (κ2) is 7.58. The lowest BCUT2D eigenvalue weighted by Gasteiger charge is -2.43. The third-order valence-electron chi connectivity index (χ3n) is 5.99. The lowest BCUT2D eigenvalue weighted by Crippen LogP contribution is -2.54. The maximum atomic E-state index is 11.1. The highest BCUT2D eigenvalue weighted by Crippen LogP contribution is 2.35. The van der Waals surface area contributed by atoms with E-state index in [2.05, 4.69) is 15.2 Å². The molecule has 4 rings (SSSR count). The van der Waals surface area contributed by atoms with E-state index in [4.69, 9.17) is 14.5 Å². The van der Waals surface area contributed by atoms with Gasteiger partial charge >= 0.3 is 0 Å². The lowest BCUT2D eigenvalue weighted by atomic mass is 9.88. The third kappa shape index (κ3) is 3.77. The zero-order chi connectivity index (χ0) is 17.3. The third-order valence-corrected chi connectivity index (χ3v) is 6.82. The summed E-state index contributed by atoms with van der Waals surface area (Å²) in [4.78, 5) is 9.73. The van der Waals surface area contributed by atoms with Crippen molar-refractivity contribution in [2.45, 2.75) is 49.9 Å². The molecule has 4 heterocycles. The average Bonchev–Trinajstić information content (AvgIpc) is 3.19. The van der Waals surface area contributed by atoms with E-state index in [0.717, 1.165) is 69.5 Å². The Hall–Kier alpha value is -0.570. The minimum absolute atomic E-state index is 0.508. The minimum atomic E-state index is -0.757. The molecule has 0 aromatic carbocycles. The van der Waals surface area contributed by atoms with Gasteiger partial charge in [-0.2, -0.15) is 0 Å². The van der Waals surface area contributed by atoms with E-state index in [1.54, 1.807) is 18.4 Å². The molecule has 0 bridgehead atoms.